The molecule has 1 aromatic rings. The Balaban J connectivity index is 1.33. The summed E-state index contributed by atoms with van der Waals surface area (Å²) in [6.45, 7) is 4.22. The zero-order valence-corrected chi connectivity index (χ0v) is 16.9. The zero-order chi connectivity index (χ0) is 18.3. The molecule has 5 nitrogen and oxygen atoms in total. The summed E-state index contributed by atoms with van der Waals surface area (Å²) in [6.07, 6.45) is 5.30. The van der Waals surface area contributed by atoms with Gasteiger partial charge >= 0.3 is 0 Å². The molecule has 0 aromatic heterocycles. The lowest BCUT2D eigenvalue weighted by Gasteiger charge is -2.37. The van der Waals surface area contributed by atoms with Crippen molar-refractivity contribution in [1.82, 2.24) is 14.5 Å². The van der Waals surface area contributed by atoms with Crippen molar-refractivity contribution in [2.24, 2.45) is 11.8 Å². The molecule has 0 unspecified atom stereocenters. The van der Waals surface area contributed by atoms with Gasteiger partial charge in [0.2, 0.25) is 10.0 Å². The predicted molar refractivity (Wildman–Crippen MR) is 106 cm³/mol. The second-order valence-corrected chi connectivity index (χ2v) is 10.3. The topological polar surface area (TPSA) is 52.7 Å². The van der Waals surface area contributed by atoms with E-state index in [1.165, 1.54) is 25.7 Å². The molecule has 1 heterocycles. The van der Waals surface area contributed by atoms with Gasteiger partial charge in [0.05, 0.1) is 4.90 Å². The Morgan fingerprint density at radius 1 is 1.08 bits per heavy atom. The number of hydrogen-bond acceptors (Lipinski definition) is 3. The van der Waals surface area contributed by atoms with Crippen LogP contribution in [0.25, 0.3) is 0 Å². The second-order valence-electron chi connectivity index (χ2n) is 7.94. The van der Waals surface area contributed by atoms with Gasteiger partial charge in [-0.1, -0.05) is 24.1 Å². The summed E-state index contributed by atoms with van der Waals surface area (Å²) in [6, 6.07) is 7.60. The number of nitrogens with one attached hydrogen (secondary N) is 1. The summed E-state index contributed by atoms with van der Waals surface area (Å²) in [5, 5.41) is 4.36. The summed E-state index contributed by atoms with van der Waals surface area (Å²) in [7, 11) is -3.41. The van der Waals surface area contributed by atoms with Crippen LogP contribution in [-0.2, 0) is 10.0 Å². The highest BCUT2D eigenvalue weighted by Gasteiger charge is 2.40. The van der Waals surface area contributed by atoms with Gasteiger partial charge in [0.15, 0.2) is 5.11 Å². The summed E-state index contributed by atoms with van der Waals surface area (Å²) in [5.74, 6) is 1.66. The van der Waals surface area contributed by atoms with Crippen LogP contribution in [0.4, 0.5) is 0 Å². The number of piperazine rings is 1. The van der Waals surface area contributed by atoms with Crippen molar-refractivity contribution < 1.29 is 8.42 Å². The lowest BCUT2D eigenvalue weighted by molar-refractivity contribution is 0.258. The molecule has 3 fully saturated rings. The quantitative estimate of drug-likeness (QED) is 0.799. The maximum atomic E-state index is 12.8. The molecule has 4 rings (SSSR count). The van der Waals surface area contributed by atoms with Crippen molar-refractivity contribution in [3.05, 3.63) is 29.8 Å². The van der Waals surface area contributed by atoms with E-state index in [1.807, 2.05) is 19.1 Å². The van der Waals surface area contributed by atoms with Gasteiger partial charge in [0.1, 0.15) is 0 Å². The van der Waals surface area contributed by atoms with Crippen molar-refractivity contribution in [1.29, 1.82) is 0 Å². The molecular formula is C19H27N3O2S2. The number of aryl methyl sites for hydroxylation is 1. The molecule has 0 radical (unpaired) electrons. The van der Waals surface area contributed by atoms with Gasteiger partial charge in [0.25, 0.3) is 0 Å². The minimum atomic E-state index is -3.41. The Kier molecular flexibility index (Phi) is 4.96. The average molecular weight is 394 g/mol. The van der Waals surface area contributed by atoms with Crippen LogP contribution in [-0.4, -0.2) is 55.0 Å². The molecule has 1 aromatic carbocycles. The smallest absolute Gasteiger partial charge is 0.243 e. The van der Waals surface area contributed by atoms with Crippen LogP contribution in [0.3, 0.4) is 0 Å². The summed E-state index contributed by atoms with van der Waals surface area (Å²) in [4.78, 5) is 2.50. The number of hydrogen-bond donors (Lipinski definition) is 1. The van der Waals surface area contributed by atoms with Crippen molar-refractivity contribution in [3.63, 3.8) is 0 Å². The van der Waals surface area contributed by atoms with E-state index in [-0.39, 0.29) is 0 Å². The molecule has 2 aliphatic carbocycles. The van der Waals surface area contributed by atoms with Crippen molar-refractivity contribution in [3.8, 4) is 0 Å². The molecule has 1 saturated heterocycles. The molecule has 2 bridgehead atoms. The van der Waals surface area contributed by atoms with E-state index in [0.29, 0.717) is 37.1 Å². The summed E-state index contributed by atoms with van der Waals surface area (Å²) < 4.78 is 27.2. The maximum Gasteiger partial charge on any atom is 0.243 e. The third kappa shape index (κ3) is 3.49. The SMILES string of the molecule is Cc1ccc(S(=O)(=O)N2CCN(C(=S)N[C@H]3C[C@H]4CC[C@@H]3C4)CC2)cc1. The Morgan fingerprint density at radius 2 is 1.77 bits per heavy atom. The van der Waals surface area contributed by atoms with Gasteiger partial charge in [-0.15, -0.1) is 0 Å². The molecule has 0 amide bonds. The molecule has 142 valence electrons. The van der Waals surface area contributed by atoms with Crippen LogP contribution < -0.4 is 5.32 Å². The Bertz CT molecular complexity index is 770. The van der Waals surface area contributed by atoms with Crippen LogP contribution in [0, 0.1) is 18.8 Å². The lowest BCUT2D eigenvalue weighted by Crippen LogP contribution is -2.54. The van der Waals surface area contributed by atoms with E-state index in [1.54, 1.807) is 16.4 Å². The van der Waals surface area contributed by atoms with Gasteiger partial charge in [-0.05, 0) is 62.4 Å². The first-order valence-electron chi connectivity index (χ1n) is 9.56. The Morgan fingerprint density at radius 3 is 2.35 bits per heavy atom. The number of nitrogens with zero attached hydrogens (tertiary/aromatic N) is 2. The third-order valence-corrected chi connectivity index (χ3v) is 8.52. The number of rotatable bonds is 3. The summed E-state index contributed by atoms with van der Waals surface area (Å²) >= 11 is 5.61. The predicted octanol–water partition coefficient (Wildman–Crippen LogP) is 2.36. The van der Waals surface area contributed by atoms with Crippen LogP contribution >= 0.6 is 12.2 Å². The van der Waals surface area contributed by atoms with E-state index in [0.717, 1.165) is 22.5 Å². The normalized spacial score (nSPS) is 29.1. The monoisotopic (exact) mass is 393 g/mol. The molecule has 3 atom stereocenters. The van der Waals surface area contributed by atoms with Crippen LogP contribution in [0.5, 0.6) is 0 Å². The van der Waals surface area contributed by atoms with Crippen molar-refractivity contribution in [2.75, 3.05) is 26.2 Å². The average Bonchev–Trinajstić information content (AvgIpc) is 3.25. The first-order valence-corrected chi connectivity index (χ1v) is 11.4. The molecule has 2 saturated carbocycles. The minimum Gasteiger partial charge on any atom is -0.360 e. The lowest BCUT2D eigenvalue weighted by atomic mass is 9.95. The molecule has 26 heavy (non-hydrogen) atoms. The molecule has 1 aliphatic heterocycles. The van der Waals surface area contributed by atoms with E-state index >= 15 is 0 Å². The minimum absolute atomic E-state index is 0.374. The van der Waals surface area contributed by atoms with Gasteiger partial charge in [-0.2, -0.15) is 4.31 Å². The van der Waals surface area contributed by atoms with Gasteiger partial charge < -0.3 is 10.2 Å². The van der Waals surface area contributed by atoms with E-state index in [4.69, 9.17) is 12.2 Å². The van der Waals surface area contributed by atoms with Crippen LogP contribution in [0.2, 0.25) is 0 Å². The van der Waals surface area contributed by atoms with E-state index in [9.17, 15) is 8.42 Å². The van der Waals surface area contributed by atoms with Crippen molar-refractivity contribution >= 4 is 27.4 Å². The Labute approximate surface area is 161 Å². The first-order chi connectivity index (χ1) is 12.4. The molecule has 7 heteroatoms. The van der Waals surface area contributed by atoms with E-state index in [2.05, 4.69) is 10.2 Å². The first kappa shape index (κ1) is 18.2. The third-order valence-electron chi connectivity index (χ3n) is 6.23. The highest BCUT2D eigenvalue weighted by Crippen LogP contribution is 2.44. The molecule has 3 aliphatic rings. The van der Waals surface area contributed by atoms with Gasteiger partial charge in [-0.3, -0.25) is 0 Å². The summed E-state index contributed by atoms with van der Waals surface area (Å²) in [5.41, 5.74) is 1.06. The number of sulfonamides is 1. The fourth-order valence-electron chi connectivity index (χ4n) is 4.66. The fraction of sp³-hybridized carbons (Fsp3) is 0.632. The standard InChI is InChI=1S/C19H27N3O2S2/c1-14-2-6-17(7-3-14)26(23,24)22-10-8-21(9-11-22)19(25)20-18-13-15-4-5-16(18)12-15/h2-3,6-7,15-16,18H,4-5,8-13H2,1H3,(H,20,25)/t15-,16+,18-/m0/s1. The number of fused-ring (bicyclic) bond motifs is 2. The molecular weight excluding hydrogens is 366 g/mol. The van der Waals surface area contributed by atoms with Crippen LogP contribution in [0.1, 0.15) is 31.2 Å². The highest BCUT2D eigenvalue weighted by atomic mass is 32.2. The van der Waals surface area contributed by atoms with Crippen molar-refractivity contribution in [2.45, 2.75) is 43.5 Å². The largest absolute Gasteiger partial charge is 0.360 e. The second kappa shape index (κ2) is 7.09. The number of benzene rings is 1. The molecule has 0 spiro atoms. The zero-order valence-electron chi connectivity index (χ0n) is 15.2. The van der Waals surface area contributed by atoms with E-state index < -0.39 is 10.0 Å². The molecule has 1 N–H and O–H groups in total. The highest BCUT2D eigenvalue weighted by molar-refractivity contribution is 7.89. The van der Waals surface area contributed by atoms with Gasteiger partial charge in [0, 0.05) is 32.2 Å². The van der Waals surface area contributed by atoms with Crippen LogP contribution in [0.15, 0.2) is 29.2 Å². The van der Waals surface area contributed by atoms with Gasteiger partial charge in [-0.25, -0.2) is 8.42 Å². The maximum absolute atomic E-state index is 12.8. The number of thiocarbonyl (C=S) groups is 1. The Hall–Kier alpha value is -1.18. The fourth-order valence-corrected chi connectivity index (χ4v) is 6.42.